The lowest BCUT2D eigenvalue weighted by molar-refractivity contribution is -0.133. The smallest absolute Gasteiger partial charge is 0.274 e. The SMILES string of the molecule is O=C(Nc1cnn2ccc(N3CCC[C@@H]3c3cc(F)ccc3F)nc12)c1cccc(NC2CCN(C(=O)CCOCCOCCNc3ccc4c(c3)C(=O)N(C3CCC(F)NC3F)C4=O)CC2)n1. The van der Waals surface area contributed by atoms with E-state index in [1.807, 2.05) is 9.80 Å². The summed E-state index contributed by atoms with van der Waals surface area (Å²) in [5, 5.41) is 15.9. The Morgan fingerprint density at radius 2 is 1.65 bits per heavy atom. The van der Waals surface area contributed by atoms with Gasteiger partial charge in [0.2, 0.25) is 5.91 Å². The van der Waals surface area contributed by atoms with E-state index < -0.39 is 54.0 Å². The van der Waals surface area contributed by atoms with Gasteiger partial charge in [0.05, 0.1) is 62.3 Å². The molecule has 4 atom stereocenters. The number of imide groups is 1. The molecule has 3 fully saturated rings. The van der Waals surface area contributed by atoms with E-state index in [0.717, 1.165) is 23.5 Å². The van der Waals surface area contributed by atoms with Gasteiger partial charge < -0.3 is 35.2 Å². The van der Waals surface area contributed by atoms with E-state index in [1.165, 1.54) is 22.8 Å². The van der Waals surface area contributed by atoms with Crippen LogP contribution >= 0.6 is 0 Å². The zero-order chi connectivity index (χ0) is 47.3. The number of anilines is 4. The number of benzene rings is 2. The zero-order valence-electron chi connectivity index (χ0n) is 37.0. The second-order valence-electron chi connectivity index (χ2n) is 17.1. The van der Waals surface area contributed by atoms with Crippen molar-refractivity contribution in [2.24, 2.45) is 0 Å². The third kappa shape index (κ3) is 10.2. The van der Waals surface area contributed by atoms with Crippen LogP contribution in [-0.2, 0) is 14.3 Å². The molecule has 17 nitrogen and oxygen atoms in total. The van der Waals surface area contributed by atoms with E-state index in [9.17, 15) is 36.7 Å². The van der Waals surface area contributed by atoms with Gasteiger partial charge in [-0.05, 0) is 93.1 Å². The molecule has 5 aromatic rings. The van der Waals surface area contributed by atoms with Gasteiger partial charge in [-0.15, -0.1) is 0 Å². The largest absolute Gasteiger partial charge is 0.383 e. The monoisotopic (exact) mass is 941 g/mol. The van der Waals surface area contributed by atoms with Crippen LogP contribution in [0.2, 0.25) is 0 Å². The Kier molecular flexibility index (Phi) is 14.1. The first kappa shape index (κ1) is 46.4. The van der Waals surface area contributed by atoms with Crippen molar-refractivity contribution in [2.75, 3.05) is 73.5 Å². The number of carbonyl (C=O) groups excluding carboxylic acids is 4. The number of pyridine rings is 1. The Hall–Kier alpha value is -6.71. The standard InChI is InChI=1S/C47H51F4N11O6/c48-28-6-9-34(49)33(25-28)37-4-2-17-60(37)41-14-20-61-44(58-41)36(27-53-61)56-45(64)35-3-1-5-40(55-35)54-29-12-18-59(19-13-29)42(63)15-21-67-23-24-68-22-16-52-30-7-8-31-32(26-30)47(66)62(46(31)65)38-10-11-39(50)57-43(38)51/h1,3,5-9,14,20,25-27,29,37-39,43,52,57H,2,4,10-13,15-19,21-24H2,(H,54,55)(H,56,64)/t37-,38?,39?,43?/m1/s1. The first-order valence-electron chi connectivity index (χ1n) is 22.8. The van der Waals surface area contributed by atoms with Crippen LogP contribution < -0.4 is 26.2 Å². The van der Waals surface area contributed by atoms with Crippen molar-refractivity contribution in [2.45, 2.75) is 75.7 Å². The fourth-order valence-corrected chi connectivity index (χ4v) is 9.22. The third-order valence-corrected chi connectivity index (χ3v) is 12.7. The predicted octanol–water partition coefficient (Wildman–Crippen LogP) is 5.87. The summed E-state index contributed by atoms with van der Waals surface area (Å²) < 4.78 is 69.7. The Morgan fingerprint density at radius 3 is 2.47 bits per heavy atom. The number of ether oxygens (including phenoxy) is 2. The van der Waals surface area contributed by atoms with Gasteiger partial charge in [-0.2, -0.15) is 5.10 Å². The molecule has 3 aromatic heterocycles. The highest BCUT2D eigenvalue weighted by Gasteiger charge is 2.45. The maximum absolute atomic E-state index is 14.7. The highest BCUT2D eigenvalue weighted by atomic mass is 19.2. The van der Waals surface area contributed by atoms with Gasteiger partial charge in [-0.3, -0.25) is 29.4 Å². The van der Waals surface area contributed by atoms with E-state index in [-0.39, 0.29) is 60.2 Å². The van der Waals surface area contributed by atoms with Crippen molar-refractivity contribution in [3.63, 3.8) is 0 Å². The summed E-state index contributed by atoms with van der Waals surface area (Å²) in [6, 6.07) is 13.6. The molecular weight excluding hydrogens is 891 g/mol. The zero-order valence-corrected chi connectivity index (χ0v) is 37.0. The molecule has 4 aliphatic rings. The lowest BCUT2D eigenvalue weighted by Gasteiger charge is -2.34. The third-order valence-electron chi connectivity index (χ3n) is 12.7. The van der Waals surface area contributed by atoms with Crippen molar-refractivity contribution in [3.05, 3.63) is 107 Å². The maximum atomic E-state index is 14.7. The molecule has 2 aromatic carbocycles. The summed E-state index contributed by atoms with van der Waals surface area (Å²) in [5.74, 6) is -1.58. The number of alkyl halides is 2. The van der Waals surface area contributed by atoms with Gasteiger partial charge in [0, 0.05) is 49.7 Å². The number of likely N-dealkylation sites (tertiary alicyclic amines) is 1. The number of nitrogens with one attached hydrogen (secondary N) is 4. The van der Waals surface area contributed by atoms with Crippen molar-refractivity contribution in [3.8, 4) is 0 Å². The lowest BCUT2D eigenvalue weighted by atomic mass is 10.0. The molecule has 0 saturated carbocycles. The molecule has 4 N–H and O–H groups in total. The average Bonchev–Trinajstić information content (AvgIpc) is 4.05. The molecule has 4 amide bonds. The molecule has 358 valence electrons. The summed E-state index contributed by atoms with van der Waals surface area (Å²) in [6.07, 6.45) is 2.90. The first-order chi connectivity index (χ1) is 33.0. The number of rotatable bonds is 17. The minimum absolute atomic E-state index is 0.00282. The summed E-state index contributed by atoms with van der Waals surface area (Å²) in [6.45, 7) is 3.27. The quantitative estimate of drug-likeness (QED) is 0.0376. The molecule has 4 aliphatic heterocycles. The minimum Gasteiger partial charge on any atom is -0.383 e. The normalized spacial score (nSPS) is 20.9. The van der Waals surface area contributed by atoms with Crippen LogP contribution in [0.4, 0.5) is 40.6 Å². The number of piperidine rings is 2. The van der Waals surface area contributed by atoms with Gasteiger partial charge in [0.1, 0.15) is 34.7 Å². The van der Waals surface area contributed by atoms with E-state index in [2.05, 4.69) is 31.3 Å². The van der Waals surface area contributed by atoms with Gasteiger partial charge in [-0.25, -0.2) is 32.0 Å². The molecule has 7 heterocycles. The molecule has 21 heteroatoms. The average molecular weight is 942 g/mol. The first-order valence-corrected chi connectivity index (χ1v) is 22.8. The Morgan fingerprint density at radius 1 is 0.838 bits per heavy atom. The molecule has 0 spiro atoms. The molecule has 68 heavy (non-hydrogen) atoms. The maximum Gasteiger partial charge on any atom is 0.274 e. The minimum atomic E-state index is -1.84. The number of aromatic nitrogens is 4. The number of carbonyl (C=O) groups is 4. The van der Waals surface area contributed by atoms with Gasteiger partial charge in [-0.1, -0.05) is 6.07 Å². The predicted molar refractivity (Wildman–Crippen MR) is 242 cm³/mol. The van der Waals surface area contributed by atoms with Crippen molar-refractivity contribution in [1.82, 2.24) is 34.7 Å². The van der Waals surface area contributed by atoms with Crippen LogP contribution in [0.25, 0.3) is 5.65 Å². The van der Waals surface area contributed by atoms with Crippen molar-refractivity contribution < 1.29 is 46.2 Å². The lowest BCUT2D eigenvalue weighted by Crippen LogP contribution is -2.55. The topological polar surface area (TPSA) is 188 Å². The molecule has 0 aliphatic carbocycles. The number of halogens is 4. The fourth-order valence-electron chi connectivity index (χ4n) is 9.22. The Balaban J connectivity index is 0.663. The van der Waals surface area contributed by atoms with E-state index >= 15 is 0 Å². The molecule has 0 radical (unpaired) electrons. The van der Waals surface area contributed by atoms with E-state index in [4.69, 9.17) is 14.5 Å². The number of fused-ring (bicyclic) bond motifs is 2. The van der Waals surface area contributed by atoms with Crippen LogP contribution in [0.3, 0.4) is 0 Å². The molecule has 3 saturated heterocycles. The van der Waals surface area contributed by atoms with Crippen LogP contribution in [0.5, 0.6) is 0 Å². The highest BCUT2D eigenvalue weighted by molar-refractivity contribution is 6.22. The van der Waals surface area contributed by atoms with Crippen molar-refractivity contribution in [1.29, 1.82) is 0 Å². The summed E-state index contributed by atoms with van der Waals surface area (Å²) in [5.41, 5.74) is 2.14. The van der Waals surface area contributed by atoms with Gasteiger partial charge in [0.25, 0.3) is 17.7 Å². The molecule has 0 bridgehead atoms. The van der Waals surface area contributed by atoms with E-state index in [0.29, 0.717) is 93.9 Å². The van der Waals surface area contributed by atoms with Crippen LogP contribution in [0.1, 0.15) is 87.8 Å². The summed E-state index contributed by atoms with van der Waals surface area (Å²) in [7, 11) is 0. The fraction of sp³-hybridized carbons (Fsp3) is 0.426. The van der Waals surface area contributed by atoms with E-state index in [1.54, 1.807) is 42.6 Å². The molecule has 9 rings (SSSR count). The number of hydrogen-bond acceptors (Lipinski definition) is 13. The van der Waals surface area contributed by atoms with Gasteiger partial charge >= 0.3 is 0 Å². The second kappa shape index (κ2) is 20.7. The van der Waals surface area contributed by atoms with Gasteiger partial charge in [0.15, 0.2) is 18.2 Å². The molecule has 3 unspecified atom stereocenters. The molecular formula is C47H51F4N11O6. The van der Waals surface area contributed by atoms with Crippen LogP contribution in [0.15, 0.2) is 73.1 Å². The summed E-state index contributed by atoms with van der Waals surface area (Å²) >= 11 is 0. The number of nitrogens with zero attached hydrogens (tertiary/aromatic N) is 7. The Labute approximate surface area is 388 Å². The van der Waals surface area contributed by atoms with Crippen molar-refractivity contribution >= 4 is 52.3 Å². The number of hydrogen-bond donors (Lipinski definition) is 4. The second-order valence-corrected chi connectivity index (χ2v) is 17.1. The van der Waals surface area contributed by atoms with Crippen LogP contribution in [0, 0.1) is 11.6 Å². The van der Waals surface area contributed by atoms with Crippen LogP contribution in [-0.4, -0.2) is 130 Å². The summed E-state index contributed by atoms with van der Waals surface area (Å²) in [4.78, 5) is 66.3. The highest BCUT2D eigenvalue weighted by Crippen LogP contribution is 2.37. The Bertz CT molecular complexity index is 2670. The number of amides is 4.